The van der Waals surface area contributed by atoms with Crippen LogP contribution in [0.25, 0.3) is 0 Å². The summed E-state index contributed by atoms with van der Waals surface area (Å²) in [6.45, 7) is 6.77. The smallest absolute Gasteiger partial charge is 0.0111 e. The highest BCUT2D eigenvalue weighted by atomic mass is 31.1. The first-order valence-electron chi connectivity index (χ1n) is 5.98. The summed E-state index contributed by atoms with van der Waals surface area (Å²) < 4.78 is 0. The molecule has 0 N–H and O–H groups in total. The van der Waals surface area contributed by atoms with Crippen molar-refractivity contribution in [3.63, 3.8) is 0 Å². The Bertz CT molecular complexity index is 469. The molecule has 0 aromatic heterocycles. The van der Waals surface area contributed by atoms with Crippen molar-refractivity contribution in [1.82, 2.24) is 0 Å². The van der Waals surface area contributed by atoms with Crippen LogP contribution in [-0.2, 0) is 5.16 Å². The van der Waals surface area contributed by atoms with Gasteiger partial charge in [-0.05, 0) is 17.8 Å². The molecule has 17 heavy (non-hydrogen) atoms. The Hall–Kier alpha value is -1.13. The molecule has 2 aromatic carbocycles. The third kappa shape index (κ3) is 3.17. The van der Waals surface area contributed by atoms with Crippen LogP contribution in [0, 0.1) is 6.92 Å². The second-order valence-electron chi connectivity index (χ2n) is 4.98. The first-order valence-corrected chi connectivity index (χ1v) is 6.98. The van der Waals surface area contributed by atoms with Crippen molar-refractivity contribution in [3.8, 4) is 0 Å². The molecule has 2 rings (SSSR count). The normalized spacial score (nSPS) is 12.2. The van der Waals surface area contributed by atoms with E-state index in [1.807, 2.05) is 0 Å². The quantitative estimate of drug-likeness (QED) is 0.706. The highest BCUT2D eigenvalue weighted by Crippen LogP contribution is 2.39. The Kier molecular flexibility index (Phi) is 3.64. The van der Waals surface area contributed by atoms with Crippen LogP contribution in [0.1, 0.15) is 25.0 Å². The molecule has 0 saturated carbocycles. The lowest BCUT2D eigenvalue weighted by molar-refractivity contribution is 0.778. The lowest BCUT2D eigenvalue weighted by Crippen LogP contribution is -2.14. The van der Waals surface area contributed by atoms with E-state index in [0.717, 1.165) is 8.58 Å². The van der Waals surface area contributed by atoms with Crippen LogP contribution in [0.4, 0.5) is 0 Å². The third-order valence-corrected chi connectivity index (χ3v) is 4.54. The lowest BCUT2D eigenvalue weighted by Gasteiger charge is -2.25. The molecule has 0 spiro atoms. The van der Waals surface area contributed by atoms with E-state index in [1.54, 1.807) is 0 Å². The molecule has 0 amide bonds. The van der Waals surface area contributed by atoms with Gasteiger partial charge in [0.2, 0.25) is 0 Å². The Labute approximate surface area is 106 Å². The molecule has 0 bridgehead atoms. The second-order valence-corrected chi connectivity index (χ2v) is 7.06. The van der Waals surface area contributed by atoms with Gasteiger partial charge < -0.3 is 0 Å². The molecule has 0 aliphatic rings. The second kappa shape index (κ2) is 5.02. The van der Waals surface area contributed by atoms with Gasteiger partial charge in [-0.2, -0.15) is 0 Å². The minimum atomic E-state index is 0.219. The first-order chi connectivity index (χ1) is 8.08. The van der Waals surface area contributed by atoms with Gasteiger partial charge in [-0.25, -0.2) is 0 Å². The van der Waals surface area contributed by atoms with E-state index in [2.05, 4.69) is 75.4 Å². The van der Waals surface area contributed by atoms with Gasteiger partial charge in [0, 0.05) is 5.16 Å². The molecule has 0 saturated heterocycles. The van der Waals surface area contributed by atoms with E-state index in [-0.39, 0.29) is 5.16 Å². The fourth-order valence-electron chi connectivity index (χ4n) is 1.92. The standard InChI is InChI=1S/C16H19P/c1-13-9-11-15(12-10-13)17-16(2,3)14-7-5-4-6-8-14/h4-12,17H,1-3H3. The summed E-state index contributed by atoms with van der Waals surface area (Å²) in [5.41, 5.74) is 2.75. The van der Waals surface area contributed by atoms with Crippen molar-refractivity contribution in [2.24, 2.45) is 0 Å². The number of benzene rings is 2. The lowest BCUT2D eigenvalue weighted by atomic mass is 10.0. The van der Waals surface area contributed by atoms with E-state index in [1.165, 1.54) is 16.4 Å². The summed E-state index contributed by atoms with van der Waals surface area (Å²) in [6, 6.07) is 19.7. The molecule has 0 fully saturated rings. The van der Waals surface area contributed by atoms with Gasteiger partial charge in [0.25, 0.3) is 0 Å². The molecule has 0 aliphatic heterocycles. The van der Waals surface area contributed by atoms with Gasteiger partial charge in [0.1, 0.15) is 0 Å². The van der Waals surface area contributed by atoms with Crippen LogP contribution in [-0.4, -0.2) is 0 Å². The van der Waals surface area contributed by atoms with Crippen molar-refractivity contribution < 1.29 is 0 Å². The minimum absolute atomic E-state index is 0.219. The zero-order chi connectivity index (χ0) is 12.3. The molecule has 1 unspecified atom stereocenters. The van der Waals surface area contributed by atoms with Crippen molar-refractivity contribution in [3.05, 3.63) is 65.7 Å². The summed E-state index contributed by atoms with van der Waals surface area (Å²) in [7, 11) is 0.805. The Morgan fingerprint density at radius 2 is 1.41 bits per heavy atom. The maximum Gasteiger partial charge on any atom is 0.0111 e. The van der Waals surface area contributed by atoms with Crippen LogP contribution in [0.2, 0.25) is 0 Å². The number of hydrogen-bond donors (Lipinski definition) is 0. The average molecular weight is 242 g/mol. The molecule has 0 aliphatic carbocycles. The highest BCUT2D eigenvalue weighted by Gasteiger charge is 2.20. The predicted octanol–water partition coefficient (Wildman–Crippen LogP) is 4.23. The fraction of sp³-hybridized carbons (Fsp3) is 0.250. The van der Waals surface area contributed by atoms with Crippen molar-refractivity contribution in [1.29, 1.82) is 0 Å². The molecular weight excluding hydrogens is 223 g/mol. The molecule has 1 heteroatoms. The number of rotatable bonds is 3. The van der Waals surface area contributed by atoms with Crippen LogP contribution in [0.3, 0.4) is 0 Å². The van der Waals surface area contributed by atoms with E-state index >= 15 is 0 Å². The number of hydrogen-bond acceptors (Lipinski definition) is 0. The summed E-state index contributed by atoms with van der Waals surface area (Å²) >= 11 is 0. The number of aryl methyl sites for hydroxylation is 1. The predicted molar refractivity (Wildman–Crippen MR) is 78.6 cm³/mol. The molecule has 0 heterocycles. The molecule has 88 valence electrons. The van der Waals surface area contributed by atoms with Crippen molar-refractivity contribution in [2.45, 2.75) is 25.9 Å². The SMILES string of the molecule is Cc1ccc(PC(C)(C)c2ccccc2)cc1. The van der Waals surface area contributed by atoms with E-state index in [4.69, 9.17) is 0 Å². The van der Waals surface area contributed by atoms with Gasteiger partial charge in [0.05, 0.1) is 0 Å². The zero-order valence-electron chi connectivity index (χ0n) is 10.7. The van der Waals surface area contributed by atoms with Gasteiger partial charge >= 0.3 is 0 Å². The van der Waals surface area contributed by atoms with Gasteiger partial charge in [-0.1, -0.05) is 82.6 Å². The van der Waals surface area contributed by atoms with Crippen LogP contribution < -0.4 is 5.30 Å². The fourth-order valence-corrected chi connectivity index (χ4v) is 3.29. The first kappa shape index (κ1) is 12.3. The molecule has 0 nitrogen and oxygen atoms in total. The Morgan fingerprint density at radius 1 is 0.824 bits per heavy atom. The third-order valence-electron chi connectivity index (χ3n) is 3.00. The van der Waals surface area contributed by atoms with Crippen LogP contribution in [0.5, 0.6) is 0 Å². The maximum absolute atomic E-state index is 2.32. The van der Waals surface area contributed by atoms with E-state index in [0.29, 0.717) is 0 Å². The highest BCUT2D eigenvalue weighted by molar-refractivity contribution is 7.48. The van der Waals surface area contributed by atoms with Gasteiger partial charge in [-0.15, -0.1) is 0 Å². The Balaban J connectivity index is 2.20. The van der Waals surface area contributed by atoms with Crippen molar-refractivity contribution in [2.75, 3.05) is 0 Å². The van der Waals surface area contributed by atoms with Crippen LogP contribution >= 0.6 is 8.58 Å². The molecular formula is C16H19P. The van der Waals surface area contributed by atoms with Crippen LogP contribution in [0.15, 0.2) is 54.6 Å². The average Bonchev–Trinajstić information content (AvgIpc) is 2.33. The van der Waals surface area contributed by atoms with Gasteiger partial charge in [-0.3, -0.25) is 0 Å². The van der Waals surface area contributed by atoms with Gasteiger partial charge in [0.15, 0.2) is 0 Å². The molecule has 1 atom stereocenters. The van der Waals surface area contributed by atoms with E-state index in [9.17, 15) is 0 Å². The summed E-state index contributed by atoms with van der Waals surface area (Å²) in [4.78, 5) is 0. The monoisotopic (exact) mass is 242 g/mol. The van der Waals surface area contributed by atoms with E-state index < -0.39 is 0 Å². The topological polar surface area (TPSA) is 0 Å². The zero-order valence-corrected chi connectivity index (χ0v) is 11.7. The minimum Gasteiger partial charge on any atom is -0.0800 e. The molecule has 0 radical (unpaired) electrons. The summed E-state index contributed by atoms with van der Waals surface area (Å²) in [6.07, 6.45) is 0. The Morgan fingerprint density at radius 3 is 2.00 bits per heavy atom. The summed E-state index contributed by atoms with van der Waals surface area (Å²) in [5, 5.41) is 1.65. The van der Waals surface area contributed by atoms with Crippen molar-refractivity contribution >= 4 is 13.9 Å². The maximum atomic E-state index is 2.32. The molecule has 2 aromatic rings. The largest absolute Gasteiger partial charge is 0.0800 e. The summed E-state index contributed by atoms with van der Waals surface area (Å²) in [5.74, 6) is 0.